The summed E-state index contributed by atoms with van der Waals surface area (Å²) in [5, 5.41) is 5.52. The Morgan fingerprint density at radius 3 is 2.38 bits per heavy atom. The van der Waals surface area contributed by atoms with Gasteiger partial charge in [0.15, 0.2) is 0 Å². The zero-order valence-corrected chi connectivity index (χ0v) is 23.9. The van der Waals surface area contributed by atoms with Crippen LogP contribution in [0.15, 0.2) is 54.7 Å². The molecule has 1 saturated heterocycles. The number of amides is 2. The number of benzene rings is 2. The zero-order chi connectivity index (χ0) is 30.5. The second kappa shape index (κ2) is 12.8. The molecule has 12 heteroatoms. The lowest BCUT2D eigenvalue weighted by molar-refractivity contribution is -0.137. The van der Waals surface area contributed by atoms with Gasteiger partial charge in [-0.2, -0.15) is 13.2 Å². The van der Waals surface area contributed by atoms with E-state index in [-0.39, 0.29) is 18.1 Å². The van der Waals surface area contributed by atoms with Crippen molar-refractivity contribution in [3.8, 4) is 11.1 Å². The van der Waals surface area contributed by atoms with Gasteiger partial charge >= 0.3 is 12.3 Å². The molecule has 0 bridgehead atoms. The van der Waals surface area contributed by atoms with E-state index < -0.39 is 29.5 Å². The number of alkyl halides is 3. The lowest BCUT2D eigenvalue weighted by Crippen LogP contribution is -2.37. The second-order valence-corrected chi connectivity index (χ2v) is 10.9. The number of anilines is 1. The topological polar surface area (TPSA) is 106 Å². The van der Waals surface area contributed by atoms with Crippen molar-refractivity contribution in [3.63, 3.8) is 0 Å². The number of nitrogens with one attached hydrogen (secondary N) is 2. The van der Waals surface area contributed by atoms with Gasteiger partial charge in [-0.25, -0.2) is 14.8 Å². The average molecular weight is 586 g/mol. The van der Waals surface area contributed by atoms with Gasteiger partial charge in [-0.05, 0) is 68.1 Å². The molecule has 1 aliphatic rings. The van der Waals surface area contributed by atoms with Crippen LogP contribution in [0.5, 0.6) is 0 Å². The Morgan fingerprint density at radius 2 is 1.74 bits per heavy atom. The minimum atomic E-state index is -4.53. The van der Waals surface area contributed by atoms with E-state index in [9.17, 15) is 22.8 Å². The smallest absolute Gasteiger partial charge is 0.416 e. The van der Waals surface area contributed by atoms with Crippen LogP contribution >= 0.6 is 0 Å². The van der Waals surface area contributed by atoms with Crippen LogP contribution in [0.2, 0.25) is 0 Å². The van der Waals surface area contributed by atoms with E-state index in [4.69, 9.17) is 9.47 Å². The summed E-state index contributed by atoms with van der Waals surface area (Å²) in [6, 6.07) is 11.4. The second-order valence-electron chi connectivity index (χ2n) is 10.9. The molecule has 2 N–H and O–H groups in total. The highest BCUT2D eigenvalue weighted by atomic mass is 19.4. The Morgan fingerprint density at radius 1 is 1.05 bits per heavy atom. The molecule has 1 fully saturated rings. The summed E-state index contributed by atoms with van der Waals surface area (Å²) in [6.07, 6.45) is -3.67. The molecule has 3 aromatic rings. The number of alkyl carbamates (subject to hydrolysis) is 1. The Labute approximate surface area is 242 Å². The standard InChI is InChI=1S/C30H34F3N5O4/c1-19(36-26(39)25-11-12-34-27(37-25)38-13-15-41-16-14-38)20-5-7-21(8-6-20)24-17-23(30(31,32)33)10-9-22(24)18-35-28(40)42-29(2,3)4/h5-12,17,19H,13-16,18H2,1-4H3,(H,35,40)(H,36,39)/t19-/m1/s1. The summed E-state index contributed by atoms with van der Waals surface area (Å²) in [7, 11) is 0. The molecule has 0 spiro atoms. The molecule has 2 amide bonds. The number of ether oxygens (including phenoxy) is 2. The van der Waals surface area contributed by atoms with Gasteiger partial charge in [-0.1, -0.05) is 30.3 Å². The van der Waals surface area contributed by atoms with E-state index in [0.29, 0.717) is 48.9 Å². The largest absolute Gasteiger partial charge is 0.444 e. The molecule has 1 aromatic heterocycles. The number of carbonyl (C=O) groups excluding carboxylic acids is 2. The summed E-state index contributed by atoms with van der Waals surface area (Å²) in [5.74, 6) is 0.0814. The highest BCUT2D eigenvalue weighted by molar-refractivity contribution is 5.92. The number of rotatable bonds is 7. The van der Waals surface area contributed by atoms with E-state index in [1.807, 2.05) is 4.90 Å². The van der Waals surface area contributed by atoms with Crippen LogP contribution in [0.25, 0.3) is 11.1 Å². The SMILES string of the molecule is C[C@@H](NC(=O)c1ccnc(N2CCOCC2)n1)c1ccc(-c2cc(C(F)(F)F)ccc2CNC(=O)OC(C)(C)C)cc1. The van der Waals surface area contributed by atoms with Gasteiger partial charge < -0.3 is 25.0 Å². The van der Waals surface area contributed by atoms with Gasteiger partial charge in [0.1, 0.15) is 11.3 Å². The van der Waals surface area contributed by atoms with Gasteiger partial charge in [-0.3, -0.25) is 4.79 Å². The third kappa shape index (κ3) is 8.19. The van der Waals surface area contributed by atoms with Crippen molar-refractivity contribution >= 4 is 17.9 Å². The molecule has 0 saturated carbocycles. The molecule has 9 nitrogen and oxygen atoms in total. The normalized spacial score (nSPS) is 14.7. The lowest BCUT2D eigenvalue weighted by atomic mass is 9.95. The van der Waals surface area contributed by atoms with E-state index in [0.717, 1.165) is 17.7 Å². The van der Waals surface area contributed by atoms with Crippen LogP contribution in [-0.2, 0) is 22.2 Å². The van der Waals surface area contributed by atoms with Crippen molar-refractivity contribution in [2.75, 3.05) is 31.2 Å². The molecule has 4 rings (SSSR count). The maximum absolute atomic E-state index is 13.5. The molecular formula is C30H34F3N5O4. The third-order valence-corrected chi connectivity index (χ3v) is 6.50. The molecule has 0 aliphatic carbocycles. The van der Waals surface area contributed by atoms with Gasteiger partial charge in [0.05, 0.1) is 24.8 Å². The number of aromatic nitrogens is 2. The van der Waals surface area contributed by atoms with Crippen molar-refractivity contribution < 1.29 is 32.2 Å². The molecule has 224 valence electrons. The van der Waals surface area contributed by atoms with E-state index in [1.165, 1.54) is 18.3 Å². The highest BCUT2D eigenvalue weighted by Crippen LogP contribution is 2.34. The van der Waals surface area contributed by atoms with Gasteiger partial charge in [0, 0.05) is 25.8 Å². The molecule has 2 heterocycles. The Kier molecular flexibility index (Phi) is 9.35. The summed E-state index contributed by atoms with van der Waals surface area (Å²) in [4.78, 5) is 35.7. The van der Waals surface area contributed by atoms with Crippen LogP contribution in [0.4, 0.5) is 23.9 Å². The number of carbonyl (C=O) groups is 2. The zero-order valence-electron chi connectivity index (χ0n) is 23.9. The van der Waals surface area contributed by atoms with Crippen molar-refractivity contribution in [1.29, 1.82) is 0 Å². The summed E-state index contributed by atoms with van der Waals surface area (Å²) in [6.45, 7) is 9.34. The van der Waals surface area contributed by atoms with Crippen molar-refractivity contribution in [2.24, 2.45) is 0 Å². The summed E-state index contributed by atoms with van der Waals surface area (Å²) >= 11 is 0. The van der Waals surface area contributed by atoms with Gasteiger partial charge in [-0.15, -0.1) is 0 Å². The van der Waals surface area contributed by atoms with Crippen LogP contribution in [-0.4, -0.2) is 53.9 Å². The lowest BCUT2D eigenvalue weighted by Gasteiger charge is -2.26. The number of halogens is 3. The first kappa shape index (κ1) is 30.8. The van der Waals surface area contributed by atoms with Crippen LogP contribution in [0.1, 0.15) is 60.9 Å². The first-order valence-corrected chi connectivity index (χ1v) is 13.5. The number of nitrogens with zero attached hydrogens (tertiary/aromatic N) is 3. The molecule has 1 aliphatic heterocycles. The minimum Gasteiger partial charge on any atom is -0.444 e. The van der Waals surface area contributed by atoms with Crippen molar-refractivity contribution in [1.82, 2.24) is 20.6 Å². The quantitative estimate of drug-likeness (QED) is 0.377. The third-order valence-electron chi connectivity index (χ3n) is 6.50. The average Bonchev–Trinajstić information content (AvgIpc) is 2.95. The molecule has 0 radical (unpaired) electrons. The molecule has 42 heavy (non-hydrogen) atoms. The predicted molar refractivity (Wildman–Crippen MR) is 151 cm³/mol. The summed E-state index contributed by atoms with van der Waals surface area (Å²) < 4.78 is 51.2. The van der Waals surface area contributed by atoms with E-state index >= 15 is 0 Å². The molecule has 0 unspecified atom stereocenters. The van der Waals surface area contributed by atoms with Gasteiger partial charge in [0.2, 0.25) is 5.95 Å². The fraction of sp³-hybridized carbons (Fsp3) is 0.400. The monoisotopic (exact) mass is 585 g/mol. The van der Waals surface area contributed by atoms with Crippen molar-refractivity contribution in [2.45, 2.75) is 52.1 Å². The maximum atomic E-state index is 13.5. The number of morpholine rings is 1. The van der Waals surface area contributed by atoms with Crippen LogP contribution < -0.4 is 15.5 Å². The van der Waals surface area contributed by atoms with Crippen molar-refractivity contribution in [3.05, 3.63) is 77.1 Å². The Bertz CT molecular complexity index is 1400. The van der Waals surface area contributed by atoms with E-state index in [1.54, 1.807) is 52.0 Å². The Hall–Kier alpha value is -4.19. The summed E-state index contributed by atoms with van der Waals surface area (Å²) in [5.41, 5.74) is 0.785. The van der Waals surface area contributed by atoms with Gasteiger partial charge in [0.25, 0.3) is 5.91 Å². The number of hydrogen-bond donors (Lipinski definition) is 2. The van der Waals surface area contributed by atoms with E-state index in [2.05, 4.69) is 20.6 Å². The highest BCUT2D eigenvalue weighted by Gasteiger charge is 2.31. The number of hydrogen-bond acceptors (Lipinski definition) is 7. The Balaban J connectivity index is 1.49. The molecular weight excluding hydrogens is 551 g/mol. The maximum Gasteiger partial charge on any atom is 0.416 e. The fourth-order valence-electron chi connectivity index (χ4n) is 4.35. The first-order chi connectivity index (χ1) is 19.8. The minimum absolute atomic E-state index is 0.0258. The first-order valence-electron chi connectivity index (χ1n) is 13.5. The fourth-order valence-corrected chi connectivity index (χ4v) is 4.35. The predicted octanol–water partition coefficient (Wildman–Crippen LogP) is 5.51. The van der Waals surface area contributed by atoms with Crippen LogP contribution in [0, 0.1) is 0 Å². The molecule has 1 atom stereocenters. The molecule has 2 aromatic carbocycles. The van der Waals surface area contributed by atoms with Crippen LogP contribution in [0.3, 0.4) is 0 Å².